The number of nitrogens with one attached hydrogen (secondary N) is 2. The van der Waals surface area contributed by atoms with Crippen LogP contribution in [-0.4, -0.2) is 30.8 Å². The van der Waals surface area contributed by atoms with E-state index in [-0.39, 0.29) is 6.09 Å². The Morgan fingerprint density at radius 1 is 1.53 bits per heavy atom. The molecule has 2 N–H and O–H groups in total. The topological polar surface area (TPSA) is 50.4 Å². The molecule has 1 saturated heterocycles. The average Bonchev–Trinajstić information content (AvgIpc) is 2.45. The standard InChI is InChI=1S/C11H22N2O2/c1-8-5-9(12-6-8)7-13-10(14)15-11(2,3)4/h8-9,12H,5-7H2,1-4H3,(H,13,14). The molecule has 2 unspecified atom stereocenters. The zero-order valence-corrected chi connectivity index (χ0v) is 10.1. The quantitative estimate of drug-likeness (QED) is 0.732. The second-order valence-corrected chi connectivity index (χ2v) is 5.33. The maximum absolute atomic E-state index is 11.3. The first-order valence-corrected chi connectivity index (χ1v) is 5.57. The second kappa shape index (κ2) is 4.84. The molecule has 15 heavy (non-hydrogen) atoms. The van der Waals surface area contributed by atoms with E-state index in [1.54, 1.807) is 0 Å². The number of rotatable bonds is 2. The van der Waals surface area contributed by atoms with Gasteiger partial charge in [-0.15, -0.1) is 0 Å². The summed E-state index contributed by atoms with van der Waals surface area (Å²) < 4.78 is 5.15. The fourth-order valence-electron chi connectivity index (χ4n) is 1.70. The number of carbonyl (C=O) groups excluding carboxylic acids is 1. The summed E-state index contributed by atoms with van der Waals surface area (Å²) in [6, 6.07) is 0.396. The van der Waals surface area contributed by atoms with E-state index < -0.39 is 5.60 Å². The molecule has 4 nitrogen and oxygen atoms in total. The Bertz CT molecular complexity index is 223. The zero-order chi connectivity index (χ0) is 11.5. The summed E-state index contributed by atoms with van der Waals surface area (Å²) in [7, 11) is 0. The first-order valence-electron chi connectivity index (χ1n) is 5.57. The van der Waals surface area contributed by atoms with Crippen LogP contribution in [0.5, 0.6) is 0 Å². The molecule has 1 heterocycles. The maximum Gasteiger partial charge on any atom is 0.407 e. The van der Waals surface area contributed by atoms with E-state index >= 15 is 0 Å². The van der Waals surface area contributed by atoms with Crippen molar-refractivity contribution >= 4 is 6.09 Å². The van der Waals surface area contributed by atoms with Gasteiger partial charge in [0.05, 0.1) is 0 Å². The van der Waals surface area contributed by atoms with E-state index in [2.05, 4.69) is 17.6 Å². The summed E-state index contributed by atoms with van der Waals surface area (Å²) >= 11 is 0. The van der Waals surface area contributed by atoms with Gasteiger partial charge in [0.15, 0.2) is 0 Å². The number of alkyl carbamates (subject to hydrolysis) is 1. The van der Waals surface area contributed by atoms with Crippen LogP contribution in [0.3, 0.4) is 0 Å². The van der Waals surface area contributed by atoms with Crippen molar-refractivity contribution in [3.05, 3.63) is 0 Å². The molecule has 88 valence electrons. The predicted molar refractivity (Wildman–Crippen MR) is 59.8 cm³/mol. The number of hydrogen-bond acceptors (Lipinski definition) is 3. The zero-order valence-electron chi connectivity index (χ0n) is 10.1. The summed E-state index contributed by atoms with van der Waals surface area (Å²) in [5, 5.41) is 6.13. The van der Waals surface area contributed by atoms with Crippen LogP contribution in [0.15, 0.2) is 0 Å². The van der Waals surface area contributed by atoms with Crippen molar-refractivity contribution in [1.29, 1.82) is 0 Å². The third-order valence-electron chi connectivity index (χ3n) is 2.33. The second-order valence-electron chi connectivity index (χ2n) is 5.33. The minimum absolute atomic E-state index is 0.330. The largest absolute Gasteiger partial charge is 0.444 e. The lowest BCUT2D eigenvalue weighted by atomic mass is 10.1. The van der Waals surface area contributed by atoms with Crippen molar-refractivity contribution < 1.29 is 9.53 Å². The molecule has 1 fully saturated rings. The van der Waals surface area contributed by atoms with Gasteiger partial charge in [-0.1, -0.05) is 6.92 Å². The number of ether oxygens (including phenoxy) is 1. The summed E-state index contributed by atoms with van der Waals surface area (Å²) in [5.41, 5.74) is -0.416. The minimum atomic E-state index is -0.416. The smallest absolute Gasteiger partial charge is 0.407 e. The highest BCUT2D eigenvalue weighted by Crippen LogP contribution is 2.12. The Morgan fingerprint density at radius 2 is 2.20 bits per heavy atom. The number of amides is 1. The van der Waals surface area contributed by atoms with Crippen LogP contribution in [0.1, 0.15) is 34.1 Å². The molecule has 0 spiro atoms. The van der Waals surface area contributed by atoms with Gasteiger partial charge < -0.3 is 15.4 Å². The van der Waals surface area contributed by atoms with Crippen LogP contribution >= 0.6 is 0 Å². The molecule has 0 aromatic carbocycles. The normalized spacial score (nSPS) is 26.4. The molecule has 1 amide bonds. The van der Waals surface area contributed by atoms with Crippen molar-refractivity contribution in [3.8, 4) is 0 Å². The van der Waals surface area contributed by atoms with Crippen molar-refractivity contribution in [2.45, 2.75) is 45.8 Å². The molecule has 2 atom stereocenters. The monoisotopic (exact) mass is 214 g/mol. The molecule has 0 saturated carbocycles. The highest BCUT2D eigenvalue weighted by Gasteiger charge is 2.22. The Labute approximate surface area is 91.8 Å². The molecule has 4 heteroatoms. The van der Waals surface area contributed by atoms with E-state index in [1.807, 2.05) is 20.8 Å². The third kappa shape index (κ3) is 5.02. The third-order valence-corrected chi connectivity index (χ3v) is 2.33. The Kier molecular flexibility index (Phi) is 3.97. The molecular weight excluding hydrogens is 192 g/mol. The van der Waals surface area contributed by atoms with Crippen molar-refractivity contribution in [2.24, 2.45) is 5.92 Å². The number of carbonyl (C=O) groups is 1. The highest BCUT2D eigenvalue weighted by atomic mass is 16.6. The molecule has 0 aliphatic carbocycles. The predicted octanol–water partition coefficient (Wildman–Crippen LogP) is 1.51. The van der Waals surface area contributed by atoms with Crippen molar-refractivity contribution in [2.75, 3.05) is 13.1 Å². The maximum atomic E-state index is 11.3. The highest BCUT2D eigenvalue weighted by molar-refractivity contribution is 5.67. The fourth-order valence-corrected chi connectivity index (χ4v) is 1.70. The molecule has 1 aliphatic rings. The SMILES string of the molecule is CC1CNC(CNC(=O)OC(C)(C)C)C1. The van der Waals surface area contributed by atoms with Crippen LogP contribution in [-0.2, 0) is 4.74 Å². The van der Waals surface area contributed by atoms with Gasteiger partial charge in [0.25, 0.3) is 0 Å². The molecule has 1 aliphatic heterocycles. The molecule has 0 bridgehead atoms. The van der Waals surface area contributed by atoms with Crippen LogP contribution in [0.4, 0.5) is 4.79 Å². The van der Waals surface area contributed by atoms with E-state index in [0.717, 1.165) is 13.0 Å². The van der Waals surface area contributed by atoms with Gasteiger partial charge in [0.1, 0.15) is 5.60 Å². The van der Waals surface area contributed by atoms with Gasteiger partial charge in [-0.25, -0.2) is 4.79 Å². The lowest BCUT2D eigenvalue weighted by Crippen LogP contribution is -2.39. The van der Waals surface area contributed by atoms with Gasteiger partial charge in [0, 0.05) is 12.6 Å². The molecule has 0 radical (unpaired) electrons. The van der Waals surface area contributed by atoms with Gasteiger partial charge in [-0.3, -0.25) is 0 Å². The molecular formula is C11H22N2O2. The van der Waals surface area contributed by atoms with Gasteiger partial charge in [-0.05, 0) is 39.7 Å². The van der Waals surface area contributed by atoms with Crippen LogP contribution in [0.2, 0.25) is 0 Å². The average molecular weight is 214 g/mol. The fraction of sp³-hybridized carbons (Fsp3) is 0.909. The molecule has 0 aromatic rings. The van der Waals surface area contributed by atoms with Gasteiger partial charge in [-0.2, -0.15) is 0 Å². The Morgan fingerprint density at radius 3 is 2.67 bits per heavy atom. The first-order chi connectivity index (χ1) is 6.87. The molecule has 0 aromatic heterocycles. The lowest BCUT2D eigenvalue weighted by Gasteiger charge is -2.20. The summed E-state index contributed by atoms with van der Waals surface area (Å²) in [4.78, 5) is 11.3. The van der Waals surface area contributed by atoms with Crippen molar-refractivity contribution in [3.63, 3.8) is 0 Å². The minimum Gasteiger partial charge on any atom is -0.444 e. The number of hydrogen-bond donors (Lipinski definition) is 2. The van der Waals surface area contributed by atoms with Gasteiger partial charge >= 0.3 is 6.09 Å². The summed E-state index contributed by atoms with van der Waals surface area (Å²) in [5.74, 6) is 0.704. The van der Waals surface area contributed by atoms with Crippen LogP contribution < -0.4 is 10.6 Å². The van der Waals surface area contributed by atoms with Gasteiger partial charge in [0.2, 0.25) is 0 Å². The van der Waals surface area contributed by atoms with Crippen LogP contribution in [0.25, 0.3) is 0 Å². The van der Waals surface area contributed by atoms with E-state index in [9.17, 15) is 4.79 Å². The Balaban J connectivity index is 2.17. The summed E-state index contributed by atoms with van der Waals surface area (Å²) in [6.07, 6.45) is 0.791. The van der Waals surface area contributed by atoms with E-state index in [4.69, 9.17) is 4.74 Å². The lowest BCUT2D eigenvalue weighted by molar-refractivity contribution is 0.0523. The first kappa shape index (κ1) is 12.3. The van der Waals surface area contributed by atoms with Crippen LogP contribution in [0, 0.1) is 5.92 Å². The van der Waals surface area contributed by atoms with E-state index in [0.29, 0.717) is 18.5 Å². The Hall–Kier alpha value is -0.770. The van der Waals surface area contributed by atoms with Crippen molar-refractivity contribution in [1.82, 2.24) is 10.6 Å². The van der Waals surface area contributed by atoms with E-state index in [1.165, 1.54) is 0 Å². The molecule has 1 rings (SSSR count). The summed E-state index contributed by atoms with van der Waals surface area (Å²) in [6.45, 7) is 9.49.